The highest BCUT2D eigenvalue weighted by Crippen LogP contribution is 2.42. The van der Waals surface area contributed by atoms with Gasteiger partial charge in [0.1, 0.15) is 78.5 Å². The Labute approximate surface area is 669 Å². The fraction of sp³-hybridized carbons (Fsp3) is 0.770. The molecule has 0 aromatic heterocycles. The van der Waals surface area contributed by atoms with Crippen LogP contribution in [-0.4, -0.2) is 260 Å². The number of rotatable bonds is 18. The van der Waals surface area contributed by atoms with E-state index in [4.69, 9.17) is 17.2 Å². The second kappa shape index (κ2) is 45.5. The van der Waals surface area contributed by atoms with Crippen LogP contribution in [0.5, 0.6) is 0 Å². The monoisotopic (exact) mass is 1630 g/mol. The average molecular weight is 1630 g/mol. The molecule has 18 atom stereocenters. The Balaban J connectivity index is 1.77. The van der Waals surface area contributed by atoms with Crippen LogP contribution in [0.15, 0.2) is 4.99 Å². The summed E-state index contributed by atoms with van der Waals surface area (Å²) in [4.78, 5) is 242. The molecule has 5 aliphatic rings. The smallest absolute Gasteiger partial charge is 0.324 e. The van der Waals surface area contributed by atoms with Gasteiger partial charge in [-0.05, 0) is 115 Å². The van der Waals surface area contributed by atoms with Gasteiger partial charge in [-0.25, -0.2) is 4.79 Å². The van der Waals surface area contributed by atoms with E-state index in [1.165, 1.54) is 30.6 Å². The molecule has 0 aromatic rings. The first kappa shape index (κ1) is 95.0. The molecule has 20 N–H and O–H groups in total. The highest BCUT2D eigenvalue weighted by molar-refractivity contribution is 8.77. The zero-order valence-electron chi connectivity index (χ0n) is 67.4. The maximum Gasteiger partial charge on any atom is 0.324 e. The van der Waals surface area contributed by atoms with Gasteiger partial charge in [-0.3, -0.25) is 81.8 Å². The summed E-state index contributed by atoms with van der Waals surface area (Å²) in [6.45, 7) is 17.2. The van der Waals surface area contributed by atoms with Gasteiger partial charge in [-0.15, -0.1) is 0 Å². The second-order valence-corrected chi connectivity index (χ2v) is 34.2. The van der Waals surface area contributed by atoms with E-state index in [0.717, 1.165) is 32.9 Å². The zero-order valence-corrected chi connectivity index (χ0v) is 69.0. The molecule has 4 saturated heterocycles. The van der Waals surface area contributed by atoms with Crippen molar-refractivity contribution < 1.29 is 86.9 Å². The molecule has 1 saturated carbocycles. The van der Waals surface area contributed by atoms with E-state index in [9.17, 15) is 53.4 Å². The van der Waals surface area contributed by atoms with Crippen molar-refractivity contribution in [2.24, 2.45) is 51.8 Å². The van der Waals surface area contributed by atoms with Gasteiger partial charge in [-0.2, -0.15) is 0 Å². The van der Waals surface area contributed by atoms with Crippen LogP contribution < -0.4 is 81.0 Å². The van der Waals surface area contributed by atoms with Crippen molar-refractivity contribution in [3.8, 4) is 0 Å². The number of fused-ring (bicyclic) bond motifs is 9. The van der Waals surface area contributed by atoms with E-state index in [0.29, 0.717) is 32.1 Å². The summed E-state index contributed by atoms with van der Waals surface area (Å²) in [5.74, 6) is -16.9. The number of imide groups is 1. The fourth-order valence-electron chi connectivity index (χ4n) is 14.4. The number of amides is 17. The number of primary amides is 1. The van der Waals surface area contributed by atoms with Crippen molar-refractivity contribution in [2.75, 3.05) is 45.1 Å². The Hall–Kier alpha value is -8.59. The molecule has 0 radical (unpaired) electrons. The maximum absolute atomic E-state index is 15.8. The van der Waals surface area contributed by atoms with Crippen LogP contribution in [-0.2, 0) is 71.9 Å². The van der Waals surface area contributed by atoms with Gasteiger partial charge in [0.15, 0.2) is 5.96 Å². The summed E-state index contributed by atoms with van der Waals surface area (Å²) in [6.07, 6.45) is 3.40. The molecule has 39 heteroatoms. The van der Waals surface area contributed by atoms with Crippen LogP contribution in [0, 0.1) is 29.6 Å². The quantitative estimate of drug-likeness (QED) is 0.0302. The number of carbonyl (C=O) groups excluding carboxylic acids is 16. The molecule has 0 spiro atoms. The van der Waals surface area contributed by atoms with Crippen LogP contribution in [0.25, 0.3) is 0 Å². The molecular weight excluding hydrogens is 1510 g/mol. The molecule has 1 aliphatic carbocycles. The lowest BCUT2D eigenvalue weighted by Crippen LogP contribution is -2.65. The molecule has 636 valence electrons. The molecule has 113 heavy (non-hydrogen) atoms. The lowest BCUT2D eigenvalue weighted by molar-refractivity contribution is -0.150. The Morgan fingerprint density at radius 2 is 1.13 bits per heavy atom. The Bertz CT molecular complexity index is 3410. The minimum Gasteiger partial charge on any atom is -0.394 e. The number of carbonyl (C=O) groups is 16. The van der Waals surface area contributed by atoms with Gasteiger partial charge < -0.3 is 101 Å². The molecule has 4 aliphatic heterocycles. The predicted molar refractivity (Wildman–Crippen MR) is 422 cm³/mol. The van der Waals surface area contributed by atoms with Gasteiger partial charge in [0.2, 0.25) is 82.7 Å². The fourth-order valence-corrected chi connectivity index (χ4v) is 17.2. The summed E-state index contributed by atoms with van der Waals surface area (Å²) in [7, 11) is 1.74. The minimum absolute atomic E-state index is 0.0109. The predicted octanol–water partition coefficient (Wildman–Crippen LogP) is -2.11. The van der Waals surface area contributed by atoms with E-state index in [1.54, 1.807) is 62.3 Å². The van der Waals surface area contributed by atoms with Crippen LogP contribution in [0.1, 0.15) is 199 Å². The SMILES string of the molecule is CCCCN1C(=O)N[C@H](C(N)=O)CCC(=O)NCCC(=O)N[C@@H](C)C(=O)N[C@@H]([C@@H](C)CC)C(=O)N[C@H]2CSSC(C)(C)[C@H](NC(=O)[C@H]([C@@H](C)CC)NC(=O)[C@@H]3C[C@@H]4CCCCC4N3C(=O)[C@@H]3CCCN3C(=O)[C@H](CC(C)C)NC(=O)[C@H](CO)NC(=O)[C@H](CCCN=C(N)N)NC(=O)[C@H](CO)NC2=O)C(=O)N[C@@H]([C@@H](C)CC)C1=O. The molecule has 5 fully saturated rings. The van der Waals surface area contributed by atoms with Crippen LogP contribution in [0.2, 0.25) is 0 Å². The molecule has 0 aromatic carbocycles. The summed E-state index contributed by atoms with van der Waals surface area (Å²) in [6, 6.07) is -21.4. The third kappa shape index (κ3) is 27.3. The van der Waals surface area contributed by atoms with E-state index in [1.807, 2.05) is 0 Å². The summed E-state index contributed by atoms with van der Waals surface area (Å²) >= 11 is 0. The Kier molecular flexibility index (Phi) is 38.2. The minimum atomic E-state index is -1.94. The molecule has 17 amide bonds. The lowest BCUT2D eigenvalue weighted by Gasteiger charge is -2.38. The number of unbranched alkanes of at least 4 members (excludes halogenated alkanes) is 1. The standard InChI is InChI=1S/C74H125N19O18S2/c1-13-17-31-92-71(110)57(41(9)16-4)89-68(107)58-74(11,12)113-112-37-49(85-66(105)55(39(7)14-2)87-60(99)42(10)80-54(97)28-30-78-53(96)27-26-44(59(75)98)86-73(92)111)64(103)84-47(35-94)62(101)81-45(23-20-29-79-72(76)77)61(100)83-48(36-95)63(102)82-46(33-38(5)6)69(108)91-32-21-25-51(91)70(109)93-50-24-19-18-22-43(50)34-52(93)65(104)88-56(40(8)15-3)67(106)90-58/h38-52,55-58,94-95H,13-37H2,1-12H3,(H2,75,98)(H,78,96)(H,80,97)(H,81,101)(H,82,102)(H,83,100)(H,84,103)(H,85,105)(H,86,111)(H,87,99)(H,88,104)(H,89,107)(H,90,106)(H4,76,77,79)/t39-,40-,41-,42-,43-,44-,45-,46-,47-,48-,49-,50?,51-,52-,55-,56-,57-,58+/m0/s1. The molecule has 4 heterocycles. The van der Waals surface area contributed by atoms with Crippen LogP contribution in [0.3, 0.4) is 0 Å². The number of aliphatic hydroxyl groups is 2. The summed E-state index contributed by atoms with van der Waals surface area (Å²) < 4.78 is -1.62. The zero-order chi connectivity index (χ0) is 84.3. The third-order valence-corrected chi connectivity index (χ3v) is 25.0. The van der Waals surface area contributed by atoms with E-state index in [2.05, 4.69) is 68.8 Å². The van der Waals surface area contributed by atoms with E-state index in [-0.39, 0.29) is 115 Å². The summed E-state index contributed by atoms with van der Waals surface area (Å²) in [5, 5.41) is 53.3. The number of nitrogens with one attached hydrogen (secondary N) is 12. The van der Waals surface area contributed by atoms with Gasteiger partial charge in [0.05, 0.1) is 13.2 Å². The molecular formula is C74H125N19O18S2. The number of aliphatic imine (C=N–C) groups is 1. The van der Waals surface area contributed by atoms with E-state index >= 15 is 33.6 Å². The number of urea groups is 1. The van der Waals surface area contributed by atoms with Crippen LogP contribution >= 0.6 is 21.6 Å². The number of nitrogens with zero attached hydrogens (tertiary/aromatic N) is 4. The number of guanidine groups is 1. The van der Waals surface area contributed by atoms with Crippen molar-refractivity contribution >= 4 is 122 Å². The topological polar surface area (TPSA) is 558 Å². The van der Waals surface area contributed by atoms with Gasteiger partial charge in [0.25, 0.3) is 5.91 Å². The first-order valence-corrected chi connectivity index (χ1v) is 42.1. The maximum atomic E-state index is 15.8. The van der Waals surface area contributed by atoms with Gasteiger partial charge >= 0.3 is 6.03 Å². The third-order valence-electron chi connectivity index (χ3n) is 21.7. The normalized spacial score (nSPS) is 29.8. The number of hydrogen-bond acceptors (Lipinski definition) is 21. The average Bonchev–Trinajstić information content (AvgIpc) is 1.61. The van der Waals surface area contributed by atoms with Gasteiger partial charge in [0, 0.05) is 55.6 Å². The molecule has 1 unspecified atom stereocenters. The number of nitrogens with two attached hydrogens (primary N) is 3. The highest BCUT2D eigenvalue weighted by Gasteiger charge is 2.53. The summed E-state index contributed by atoms with van der Waals surface area (Å²) in [5.41, 5.74) is 17.0. The van der Waals surface area contributed by atoms with Crippen molar-refractivity contribution in [2.45, 2.75) is 288 Å². The first-order chi connectivity index (χ1) is 53.4. The lowest BCUT2D eigenvalue weighted by atomic mass is 9.84. The highest BCUT2D eigenvalue weighted by atomic mass is 33.1. The van der Waals surface area contributed by atoms with Gasteiger partial charge in [-0.1, -0.05) is 122 Å². The Morgan fingerprint density at radius 1 is 0.566 bits per heavy atom. The van der Waals surface area contributed by atoms with Crippen molar-refractivity contribution in [1.82, 2.24) is 78.5 Å². The Morgan fingerprint density at radius 3 is 1.73 bits per heavy atom. The molecule has 5 rings (SSSR count). The van der Waals surface area contributed by atoms with Crippen molar-refractivity contribution in [3.63, 3.8) is 0 Å². The number of aliphatic hydroxyl groups excluding tert-OH is 2. The largest absolute Gasteiger partial charge is 0.394 e. The molecule has 37 nitrogen and oxygen atoms in total. The molecule has 2 bridgehead atoms. The second-order valence-electron chi connectivity index (χ2n) is 31.3. The van der Waals surface area contributed by atoms with Crippen molar-refractivity contribution in [1.29, 1.82) is 0 Å². The first-order valence-electron chi connectivity index (χ1n) is 39.8. The van der Waals surface area contributed by atoms with Crippen molar-refractivity contribution in [3.05, 3.63) is 0 Å². The van der Waals surface area contributed by atoms with E-state index < -0.39 is 227 Å². The van der Waals surface area contributed by atoms with Crippen LogP contribution in [0.4, 0.5) is 4.79 Å². The number of hydrogen-bond donors (Lipinski definition) is 17.